The number of rotatable bonds is 5. The number of hydrogen-bond donors (Lipinski definition) is 2. The Morgan fingerprint density at radius 2 is 2.11 bits per heavy atom. The van der Waals surface area contributed by atoms with Crippen molar-refractivity contribution >= 4 is 27.3 Å². The number of hydrogen-bond acceptors (Lipinski definition) is 4. The topological polar surface area (TPSA) is 83.6 Å². The van der Waals surface area contributed by atoms with Gasteiger partial charge in [-0.25, -0.2) is 17.1 Å². The third-order valence-corrected chi connectivity index (χ3v) is 4.70. The van der Waals surface area contributed by atoms with Crippen LogP contribution in [0.3, 0.4) is 0 Å². The van der Waals surface area contributed by atoms with Gasteiger partial charge in [-0.1, -0.05) is 11.6 Å². The minimum absolute atomic E-state index is 0.0614. The fraction of sp³-hybridized carbons (Fsp3) is 0.455. The SMILES string of the molecule is CC(O)CCN(C)S(=O)(=O)c1cc(N)cc(Cl)c1F. The van der Waals surface area contributed by atoms with Gasteiger partial charge in [0.15, 0.2) is 5.82 Å². The molecule has 3 N–H and O–H groups in total. The second-order valence-corrected chi connectivity index (χ2v) is 6.70. The molecule has 1 aromatic rings. The summed E-state index contributed by atoms with van der Waals surface area (Å²) in [5.74, 6) is -1.03. The van der Waals surface area contributed by atoms with Crippen molar-refractivity contribution in [2.75, 3.05) is 19.3 Å². The molecule has 8 heteroatoms. The molecule has 0 aliphatic rings. The van der Waals surface area contributed by atoms with Gasteiger partial charge in [0, 0.05) is 19.3 Å². The van der Waals surface area contributed by atoms with E-state index < -0.39 is 26.8 Å². The number of nitrogens with zero attached hydrogens (tertiary/aromatic N) is 1. The lowest BCUT2D eigenvalue weighted by Crippen LogP contribution is -2.30. The summed E-state index contributed by atoms with van der Waals surface area (Å²) in [6.45, 7) is 1.60. The van der Waals surface area contributed by atoms with Crippen LogP contribution in [0.1, 0.15) is 13.3 Å². The van der Waals surface area contributed by atoms with Gasteiger partial charge in [-0.05, 0) is 25.5 Å². The van der Waals surface area contributed by atoms with Crippen molar-refractivity contribution < 1.29 is 17.9 Å². The molecule has 0 bridgehead atoms. The van der Waals surface area contributed by atoms with Crippen LogP contribution in [0.15, 0.2) is 17.0 Å². The van der Waals surface area contributed by atoms with E-state index in [0.29, 0.717) is 0 Å². The maximum Gasteiger partial charge on any atom is 0.245 e. The Morgan fingerprint density at radius 3 is 2.63 bits per heavy atom. The molecule has 0 fully saturated rings. The van der Waals surface area contributed by atoms with Crippen molar-refractivity contribution in [3.63, 3.8) is 0 Å². The average molecular weight is 311 g/mol. The Labute approximate surface area is 116 Å². The van der Waals surface area contributed by atoms with Crippen LogP contribution in [0.4, 0.5) is 10.1 Å². The zero-order valence-corrected chi connectivity index (χ0v) is 12.2. The summed E-state index contributed by atoms with van der Waals surface area (Å²) in [5.41, 5.74) is 5.54. The molecule has 1 rings (SSSR count). The van der Waals surface area contributed by atoms with Gasteiger partial charge in [-0.2, -0.15) is 0 Å². The van der Waals surface area contributed by atoms with Gasteiger partial charge in [0.25, 0.3) is 0 Å². The fourth-order valence-electron chi connectivity index (χ4n) is 1.43. The molecule has 0 radical (unpaired) electrons. The summed E-state index contributed by atoms with van der Waals surface area (Å²) in [5, 5.41) is 8.80. The number of aliphatic hydroxyl groups is 1. The van der Waals surface area contributed by atoms with Crippen LogP contribution >= 0.6 is 11.6 Å². The first kappa shape index (κ1) is 16.2. The van der Waals surface area contributed by atoms with Gasteiger partial charge >= 0.3 is 0 Å². The number of halogens is 2. The molecule has 19 heavy (non-hydrogen) atoms. The highest BCUT2D eigenvalue weighted by Crippen LogP contribution is 2.27. The van der Waals surface area contributed by atoms with Crippen LogP contribution in [0, 0.1) is 5.82 Å². The van der Waals surface area contributed by atoms with E-state index in [4.69, 9.17) is 22.4 Å². The lowest BCUT2D eigenvalue weighted by Gasteiger charge is -2.18. The van der Waals surface area contributed by atoms with E-state index >= 15 is 0 Å². The summed E-state index contributed by atoms with van der Waals surface area (Å²) in [7, 11) is -2.73. The quantitative estimate of drug-likeness (QED) is 0.806. The number of nitrogens with two attached hydrogens (primary N) is 1. The highest BCUT2D eigenvalue weighted by molar-refractivity contribution is 7.89. The van der Waals surface area contributed by atoms with Crippen LogP contribution in [0.5, 0.6) is 0 Å². The number of benzene rings is 1. The Bertz CT molecular complexity index is 563. The lowest BCUT2D eigenvalue weighted by atomic mass is 10.3. The highest BCUT2D eigenvalue weighted by Gasteiger charge is 2.26. The molecular weight excluding hydrogens is 295 g/mol. The van der Waals surface area contributed by atoms with Crippen molar-refractivity contribution in [3.05, 3.63) is 23.0 Å². The molecule has 0 saturated carbocycles. The molecular formula is C11H16ClFN2O3S. The Kier molecular flexibility index (Phi) is 5.14. The van der Waals surface area contributed by atoms with E-state index in [0.717, 1.165) is 16.4 Å². The Hall–Kier alpha value is -0.890. The molecule has 108 valence electrons. The van der Waals surface area contributed by atoms with Gasteiger partial charge < -0.3 is 10.8 Å². The first-order valence-corrected chi connectivity index (χ1v) is 7.37. The second kappa shape index (κ2) is 6.04. The maximum absolute atomic E-state index is 13.8. The lowest BCUT2D eigenvalue weighted by molar-refractivity contribution is 0.177. The van der Waals surface area contributed by atoms with Crippen molar-refractivity contribution in [2.45, 2.75) is 24.3 Å². The smallest absolute Gasteiger partial charge is 0.245 e. The molecule has 0 aromatic heterocycles. The summed E-state index contributed by atoms with van der Waals surface area (Å²) in [4.78, 5) is -0.564. The molecule has 1 aromatic carbocycles. The minimum Gasteiger partial charge on any atom is -0.399 e. The monoisotopic (exact) mass is 310 g/mol. The predicted molar refractivity (Wildman–Crippen MR) is 71.9 cm³/mol. The molecule has 0 saturated heterocycles. The summed E-state index contributed by atoms with van der Waals surface area (Å²) >= 11 is 5.58. The van der Waals surface area contributed by atoms with Crippen LogP contribution in [-0.2, 0) is 10.0 Å². The first-order valence-electron chi connectivity index (χ1n) is 5.55. The van der Waals surface area contributed by atoms with Crippen molar-refractivity contribution in [2.24, 2.45) is 0 Å². The van der Waals surface area contributed by atoms with Crippen molar-refractivity contribution in [1.29, 1.82) is 0 Å². The van der Waals surface area contributed by atoms with Crippen LogP contribution < -0.4 is 5.73 Å². The standard InChI is InChI=1S/C11H16ClFN2O3S/c1-7(16)3-4-15(2)19(17,18)10-6-8(14)5-9(12)11(10)13/h5-7,16H,3-4,14H2,1-2H3. The first-order chi connectivity index (χ1) is 8.66. The number of aliphatic hydroxyl groups excluding tert-OH is 1. The summed E-state index contributed by atoms with van der Waals surface area (Å²) < 4.78 is 39.1. The van der Waals surface area contributed by atoms with Crippen LogP contribution in [-0.4, -0.2) is 37.5 Å². The Morgan fingerprint density at radius 1 is 1.53 bits per heavy atom. The van der Waals surface area contributed by atoms with Gasteiger partial charge in [-0.15, -0.1) is 0 Å². The van der Waals surface area contributed by atoms with Crippen LogP contribution in [0.2, 0.25) is 5.02 Å². The largest absolute Gasteiger partial charge is 0.399 e. The third kappa shape index (κ3) is 3.79. The predicted octanol–water partition coefficient (Wildman–Crippen LogP) is 1.45. The van der Waals surface area contributed by atoms with Crippen molar-refractivity contribution in [1.82, 2.24) is 4.31 Å². The highest BCUT2D eigenvalue weighted by atomic mass is 35.5. The van der Waals surface area contributed by atoms with E-state index in [1.54, 1.807) is 6.92 Å². The zero-order valence-electron chi connectivity index (χ0n) is 10.6. The molecule has 0 aliphatic carbocycles. The van der Waals surface area contributed by atoms with Gasteiger partial charge in [0.05, 0.1) is 11.1 Å². The van der Waals surface area contributed by atoms with E-state index in [1.807, 2.05) is 0 Å². The molecule has 0 spiro atoms. The number of nitrogen functional groups attached to an aromatic ring is 1. The molecule has 0 amide bonds. The minimum atomic E-state index is -4.03. The molecule has 1 atom stereocenters. The van der Waals surface area contributed by atoms with Crippen molar-refractivity contribution in [3.8, 4) is 0 Å². The third-order valence-electron chi connectivity index (χ3n) is 2.57. The fourth-order valence-corrected chi connectivity index (χ4v) is 3.02. The van der Waals surface area contributed by atoms with E-state index in [-0.39, 0.29) is 23.7 Å². The van der Waals surface area contributed by atoms with Gasteiger partial charge in [0.2, 0.25) is 10.0 Å². The van der Waals surface area contributed by atoms with E-state index in [2.05, 4.69) is 0 Å². The van der Waals surface area contributed by atoms with E-state index in [9.17, 15) is 12.8 Å². The summed E-state index contributed by atoms with van der Waals surface area (Å²) in [6, 6.07) is 2.17. The summed E-state index contributed by atoms with van der Waals surface area (Å²) in [6.07, 6.45) is -0.403. The molecule has 0 heterocycles. The molecule has 1 unspecified atom stereocenters. The average Bonchev–Trinajstić information content (AvgIpc) is 2.30. The molecule has 0 aliphatic heterocycles. The number of sulfonamides is 1. The maximum atomic E-state index is 13.8. The zero-order chi connectivity index (χ0) is 14.8. The Balaban J connectivity index is 3.13. The normalized spacial score (nSPS) is 13.8. The van der Waals surface area contributed by atoms with Gasteiger partial charge in [-0.3, -0.25) is 0 Å². The molecule has 5 nitrogen and oxygen atoms in total. The second-order valence-electron chi connectivity index (χ2n) is 4.28. The van der Waals surface area contributed by atoms with E-state index in [1.165, 1.54) is 7.05 Å². The van der Waals surface area contributed by atoms with Gasteiger partial charge in [0.1, 0.15) is 4.90 Å². The number of anilines is 1. The van der Waals surface area contributed by atoms with Crippen LogP contribution in [0.25, 0.3) is 0 Å².